The predicted molar refractivity (Wildman–Crippen MR) is 81.7 cm³/mol. The van der Waals surface area contributed by atoms with Crippen molar-refractivity contribution in [3.8, 4) is 11.3 Å². The van der Waals surface area contributed by atoms with Crippen LogP contribution in [0.3, 0.4) is 0 Å². The fourth-order valence-electron chi connectivity index (χ4n) is 2.21. The summed E-state index contributed by atoms with van der Waals surface area (Å²) in [7, 11) is 0. The summed E-state index contributed by atoms with van der Waals surface area (Å²) in [5.74, 6) is 0.155. The van der Waals surface area contributed by atoms with E-state index < -0.39 is 0 Å². The van der Waals surface area contributed by atoms with E-state index in [0.29, 0.717) is 17.9 Å². The van der Waals surface area contributed by atoms with Crippen LogP contribution in [0.25, 0.3) is 11.3 Å². The van der Waals surface area contributed by atoms with Crippen LogP contribution in [-0.4, -0.2) is 5.91 Å². The van der Waals surface area contributed by atoms with Gasteiger partial charge in [-0.1, -0.05) is 30.3 Å². The maximum Gasteiger partial charge on any atom is 0.252 e. The van der Waals surface area contributed by atoms with Crippen molar-refractivity contribution in [2.24, 2.45) is 0 Å². The minimum Gasteiger partial charge on any atom is -0.464 e. The fraction of sp³-hybridized carbons (Fsp3) is 0.0556. The highest BCUT2D eigenvalue weighted by molar-refractivity contribution is 6.00. The molecule has 0 spiro atoms. The first-order valence-corrected chi connectivity index (χ1v) is 6.89. The Balaban J connectivity index is 1.77. The lowest BCUT2D eigenvalue weighted by molar-refractivity contribution is 0.0951. The number of halogens is 1. The molecule has 3 nitrogen and oxygen atoms in total. The molecule has 1 aromatic heterocycles. The van der Waals surface area contributed by atoms with Gasteiger partial charge in [-0.25, -0.2) is 4.39 Å². The zero-order valence-electron chi connectivity index (χ0n) is 11.8. The number of carbonyl (C=O) groups excluding carboxylic acids is 1. The third kappa shape index (κ3) is 3.06. The van der Waals surface area contributed by atoms with E-state index in [1.807, 2.05) is 18.2 Å². The number of benzene rings is 2. The molecule has 3 aromatic rings. The van der Waals surface area contributed by atoms with Crippen molar-refractivity contribution in [3.63, 3.8) is 0 Å². The Kier molecular flexibility index (Phi) is 4.01. The zero-order chi connectivity index (χ0) is 15.4. The number of amides is 1. The quantitative estimate of drug-likeness (QED) is 0.790. The van der Waals surface area contributed by atoms with Gasteiger partial charge in [0.05, 0.1) is 11.8 Å². The van der Waals surface area contributed by atoms with Crippen LogP contribution >= 0.6 is 0 Å². The average molecular weight is 295 g/mol. The Morgan fingerprint density at radius 1 is 1.00 bits per heavy atom. The minimum atomic E-state index is -0.293. The first kappa shape index (κ1) is 14.1. The molecule has 0 radical (unpaired) electrons. The molecule has 2 aromatic carbocycles. The standard InChI is InChI=1S/C18H14FNO2/c19-14-9-7-13(8-10-14)12-20-18(21)16-5-2-1-4-15(16)17-6-3-11-22-17/h1-11H,12H2,(H,20,21). The Morgan fingerprint density at radius 2 is 1.77 bits per heavy atom. The van der Waals surface area contributed by atoms with E-state index in [0.717, 1.165) is 11.1 Å². The summed E-state index contributed by atoms with van der Waals surface area (Å²) in [5.41, 5.74) is 2.12. The molecule has 0 aliphatic rings. The van der Waals surface area contributed by atoms with Crippen LogP contribution in [0.2, 0.25) is 0 Å². The molecule has 1 heterocycles. The van der Waals surface area contributed by atoms with Crippen LogP contribution in [-0.2, 0) is 6.54 Å². The van der Waals surface area contributed by atoms with Gasteiger partial charge in [0.1, 0.15) is 11.6 Å². The van der Waals surface area contributed by atoms with E-state index in [1.54, 1.807) is 36.6 Å². The molecule has 4 heteroatoms. The molecule has 1 amide bonds. The largest absolute Gasteiger partial charge is 0.464 e. The van der Waals surface area contributed by atoms with Gasteiger partial charge < -0.3 is 9.73 Å². The molecule has 1 N–H and O–H groups in total. The fourth-order valence-corrected chi connectivity index (χ4v) is 2.21. The molecule has 0 fully saturated rings. The number of hydrogen-bond donors (Lipinski definition) is 1. The number of nitrogens with one attached hydrogen (secondary N) is 1. The monoisotopic (exact) mass is 295 g/mol. The Bertz CT molecular complexity index is 764. The normalized spacial score (nSPS) is 10.4. The zero-order valence-corrected chi connectivity index (χ0v) is 11.8. The summed E-state index contributed by atoms with van der Waals surface area (Å²) in [6.07, 6.45) is 1.57. The van der Waals surface area contributed by atoms with Crippen molar-refractivity contribution in [3.05, 3.63) is 83.9 Å². The molecule has 0 unspecified atom stereocenters. The molecular weight excluding hydrogens is 281 g/mol. The smallest absolute Gasteiger partial charge is 0.252 e. The van der Waals surface area contributed by atoms with Crippen LogP contribution in [0.5, 0.6) is 0 Å². The molecule has 0 saturated carbocycles. The number of carbonyl (C=O) groups is 1. The molecule has 3 rings (SSSR count). The first-order chi connectivity index (χ1) is 10.7. The van der Waals surface area contributed by atoms with Crippen LogP contribution in [0.1, 0.15) is 15.9 Å². The topological polar surface area (TPSA) is 42.2 Å². The number of furan rings is 1. The van der Waals surface area contributed by atoms with Gasteiger partial charge in [-0.3, -0.25) is 4.79 Å². The van der Waals surface area contributed by atoms with Gasteiger partial charge in [0, 0.05) is 12.1 Å². The number of rotatable bonds is 4. The molecule has 110 valence electrons. The van der Waals surface area contributed by atoms with Crippen LogP contribution in [0.4, 0.5) is 4.39 Å². The molecular formula is C18H14FNO2. The van der Waals surface area contributed by atoms with Crippen LogP contribution < -0.4 is 5.32 Å². The number of hydrogen-bond acceptors (Lipinski definition) is 2. The molecule has 0 bridgehead atoms. The predicted octanol–water partition coefficient (Wildman–Crippen LogP) is 4.02. The Labute approximate surface area is 127 Å². The van der Waals surface area contributed by atoms with Crippen molar-refractivity contribution in [1.29, 1.82) is 0 Å². The second-order valence-corrected chi connectivity index (χ2v) is 4.83. The van der Waals surface area contributed by atoms with Gasteiger partial charge in [-0.2, -0.15) is 0 Å². The lowest BCUT2D eigenvalue weighted by Gasteiger charge is -2.09. The molecule has 0 saturated heterocycles. The van der Waals surface area contributed by atoms with E-state index in [4.69, 9.17) is 4.42 Å². The van der Waals surface area contributed by atoms with Gasteiger partial charge in [0.15, 0.2) is 0 Å². The molecule has 0 aliphatic heterocycles. The van der Waals surface area contributed by atoms with E-state index in [-0.39, 0.29) is 11.7 Å². The van der Waals surface area contributed by atoms with Crippen molar-refractivity contribution < 1.29 is 13.6 Å². The SMILES string of the molecule is O=C(NCc1ccc(F)cc1)c1ccccc1-c1ccco1. The maximum absolute atomic E-state index is 12.9. The van der Waals surface area contributed by atoms with Crippen LogP contribution in [0.15, 0.2) is 71.3 Å². The third-order valence-electron chi connectivity index (χ3n) is 3.32. The highest BCUT2D eigenvalue weighted by Crippen LogP contribution is 2.24. The summed E-state index contributed by atoms with van der Waals surface area (Å²) in [4.78, 5) is 12.4. The van der Waals surface area contributed by atoms with Crippen molar-refractivity contribution in [2.45, 2.75) is 6.54 Å². The van der Waals surface area contributed by atoms with Gasteiger partial charge in [-0.05, 0) is 35.9 Å². The van der Waals surface area contributed by atoms with Gasteiger partial charge >= 0.3 is 0 Å². The second kappa shape index (κ2) is 6.26. The molecule has 22 heavy (non-hydrogen) atoms. The summed E-state index contributed by atoms with van der Waals surface area (Å²) < 4.78 is 18.2. The molecule has 0 aliphatic carbocycles. The average Bonchev–Trinajstić information content (AvgIpc) is 3.08. The lowest BCUT2D eigenvalue weighted by Crippen LogP contribution is -2.23. The van der Waals surface area contributed by atoms with E-state index in [1.165, 1.54) is 12.1 Å². The molecule has 0 atom stereocenters. The second-order valence-electron chi connectivity index (χ2n) is 4.83. The van der Waals surface area contributed by atoms with Gasteiger partial charge in [0.2, 0.25) is 0 Å². The Hall–Kier alpha value is -2.88. The van der Waals surface area contributed by atoms with Crippen LogP contribution in [0, 0.1) is 5.82 Å². The van der Waals surface area contributed by atoms with E-state index in [2.05, 4.69) is 5.32 Å². The van der Waals surface area contributed by atoms with Crippen molar-refractivity contribution >= 4 is 5.91 Å². The Morgan fingerprint density at radius 3 is 2.50 bits per heavy atom. The minimum absolute atomic E-state index is 0.198. The van der Waals surface area contributed by atoms with Gasteiger partial charge in [-0.15, -0.1) is 0 Å². The third-order valence-corrected chi connectivity index (χ3v) is 3.32. The summed E-state index contributed by atoms with van der Waals surface area (Å²) in [6.45, 7) is 0.339. The highest BCUT2D eigenvalue weighted by atomic mass is 19.1. The van der Waals surface area contributed by atoms with E-state index >= 15 is 0 Å². The summed E-state index contributed by atoms with van der Waals surface area (Å²) >= 11 is 0. The highest BCUT2D eigenvalue weighted by Gasteiger charge is 2.13. The van der Waals surface area contributed by atoms with Crippen molar-refractivity contribution in [2.75, 3.05) is 0 Å². The van der Waals surface area contributed by atoms with E-state index in [9.17, 15) is 9.18 Å². The van der Waals surface area contributed by atoms with Crippen molar-refractivity contribution in [1.82, 2.24) is 5.32 Å². The maximum atomic E-state index is 12.9. The van der Waals surface area contributed by atoms with Gasteiger partial charge in [0.25, 0.3) is 5.91 Å². The lowest BCUT2D eigenvalue weighted by atomic mass is 10.0. The first-order valence-electron chi connectivity index (χ1n) is 6.89. The summed E-state index contributed by atoms with van der Waals surface area (Å²) in [5, 5.41) is 2.83. The summed E-state index contributed by atoms with van der Waals surface area (Å²) in [6, 6.07) is 16.9.